The maximum Gasteiger partial charge on any atom is 0.295 e. The van der Waals surface area contributed by atoms with E-state index < -0.39 is 28.4 Å². The van der Waals surface area contributed by atoms with Crippen molar-refractivity contribution in [1.29, 1.82) is 0 Å². The van der Waals surface area contributed by atoms with Crippen LogP contribution in [0.15, 0.2) is 78.4 Å². The molecule has 190 valence electrons. The van der Waals surface area contributed by atoms with Gasteiger partial charge >= 0.3 is 0 Å². The fraction of sp³-hybridized carbons (Fsp3) is 0.214. The number of nitro benzene ring substituents is 1. The molecule has 1 amide bonds. The van der Waals surface area contributed by atoms with Crippen LogP contribution in [0.5, 0.6) is 5.75 Å². The molecule has 1 saturated heterocycles. The van der Waals surface area contributed by atoms with Crippen molar-refractivity contribution in [3.8, 4) is 5.75 Å². The monoisotopic (exact) mass is 502 g/mol. The van der Waals surface area contributed by atoms with E-state index in [1.54, 1.807) is 24.3 Å². The van der Waals surface area contributed by atoms with Crippen LogP contribution in [-0.2, 0) is 20.9 Å². The number of nitro groups is 1. The number of aryl methyl sites for hydroxylation is 1. The van der Waals surface area contributed by atoms with Gasteiger partial charge in [0, 0.05) is 31.4 Å². The summed E-state index contributed by atoms with van der Waals surface area (Å²) in [4.78, 5) is 37.8. The summed E-state index contributed by atoms with van der Waals surface area (Å²) in [6, 6.07) is 19.2. The molecule has 0 aliphatic carbocycles. The van der Waals surface area contributed by atoms with E-state index in [9.17, 15) is 24.8 Å². The minimum Gasteiger partial charge on any atom is -0.507 e. The molecule has 0 bridgehead atoms. The Labute approximate surface area is 213 Å². The van der Waals surface area contributed by atoms with Crippen LogP contribution in [0.1, 0.15) is 28.3 Å². The van der Waals surface area contributed by atoms with Crippen molar-refractivity contribution in [3.63, 3.8) is 0 Å². The molecule has 0 spiro atoms. The lowest BCUT2D eigenvalue weighted by atomic mass is 9.95. The maximum atomic E-state index is 13.1. The minimum absolute atomic E-state index is 0.106. The summed E-state index contributed by atoms with van der Waals surface area (Å²) in [5, 5.41) is 22.1. The normalized spacial score (nSPS) is 16.7. The number of carbonyl (C=O) groups is 2. The fourth-order valence-corrected chi connectivity index (χ4v) is 4.17. The standard InChI is InChI=1S/C28H26N2O7/c1-18-6-8-19(9-7-18)17-37-23-5-3-4-21(16-23)25-24(27(32)28(33)29(25)14-15-36-2)26(31)20-10-12-22(13-11-20)30(34)35/h3-13,16,25,31H,14-15,17H2,1-2H3/b26-24+. The van der Waals surface area contributed by atoms with Crippen LogP contribution < -0.4 is 4.74 Å². The van der Waals surface area contributed by atoms with Crippen LogP contribution in [0, 0.1) is 17.0 Å². The molecule has 1 fully saturated rings. The van der Waals surface area contributed by atoms with Gasteiger partial charge in [-0.1, -0.05) is 42.0 Å². The molecule has 3 aromatic rings. The van der Waals surface area contributed by atoms with E-state index in [-0.39, 0.29) is 30.0 Å². The Kier molecular flexibility index (Phi) is 7.64. The van der Waals surface area contributed by atoms with Crippen LogP contribution in [0.3, 0.4) is 0 Å². The Balaban J connectivity index is 1.71. The highest BCUT2D eigenvalue weighted by Gasteiger charge is 2.46. The lowest BCUT2D eigenvalue weighted by Crippen LogP contribution is -2.32. The van der Waals surface area contributed by atoms with E-state index in [1.807, 2.05) is 31.2 Å². The van der Waals surface area contributed by atoms with Gasteiger partial charge in [-0.2, -0.15) is 0 Å². The van der Waals surface area contributed by atoms with Crippen molar-refractivity contribution >= 4 is 23.1 Å². The number of benzene rings is 3. The molecule has 1 aliphatic heterocycles. The zero-order valence-corrected chi connectivity index (χ0v) is 20.4. The highest BCUT2D eigenvalue weighted by atomic mass is 16.6. The molecule has 4 rings (SSSR count). The number of aliphatic hydroxyl groups excluding tert-OH is 1. The molecule has 37 heavy (non-hydrogen) atoms. The van der Waals surface area contributed by atoms with Crippen molar-refractivity contribution in [1.82, 2.24) is 4.90 Å². The van der Waals surface area contributed by atoms with Crippen LogP contribution in [0.25, 0.3) is 5.76 Å². The number of ketones is 1. The van der Waals surface area contributed by atoms with Gasteiger partial charge in [0.25, 0.3) is 17.4 Å². The van der Waals surface area contributed by atoms with Gasteiger partial charge in [-0.05, 0) is 42.3 Å². The zero-order chi connectivity index (χ0) is 26.5. The molecule has 0 aromatic heterocycles. The molecule has 0 saturated carbocycles. The molecule has 1 unspecified atom stereocenters. The topological polar surface area (TPSA) is 119 Å². The van der Waals surface area contributed by atoms with Gasteiger partial charge < -0.3 is 19.5 Å². The first kappa shape index (κ1) is 25.6. The van der Waals surface area contributed by atoms with E-state index in [1.165, 1.54) is 36.3 Å². The number of hydrogen-bond donors (Lipinski definition) is 1. The lowest BCUT2D eigenvalue weighted by Gasteiger charge is -2.25. The van der Waals surface area contributed by atoms with Gasteiger partial charge in [0.05, 0.1) is 23.1 Å². The predicted octanol–water partition coefficient (Wildman–Crippen LogP) is 4.55. The predicted molar refractivity (Wildman–Crippen MR) is 136 cm³/mol. The summed E-state index contributed by atoms with van der Waals surface area (Å²) < 4.78 is 11.1. The molecule has 3 aromatic carbocycles. The summed E-state index contributed by atoms with van der Waals surface area (Å²) in [5.74, 6) is -1.49. The highest BCUT2D eigenvalue weighted by Crippen LogP contribution is 2.40. The van der Waals surface area contributed by atoms with Crippen LogP contribution in [0.2, 0.25) is 0 Å². The average molecular weight is 503 g/mol. The molecule has 1 atom stereocenters. The molecule has 1 aliphatic rings. The Morgan fingerprint density at radius 2 is 1.76 bits per heavy atom. The first-order chi connectivity index (χ1) is 17.8. The number of likely N-dealkylation sites (tertiary alicyclic amines) is 1. The smallest absolute Gasteiger partial charge is 0.295 e. The number of Topliss-reactive ketones (excluding diaryl/α,β-unsaturated/α-hetero) is 1. The van der Waals surface area contributed by atoms with Crippen molar-refractivity contribution in [2.75, 3.05) is 20.3 Å². The van der Waals surface area contributed by atoms with Crippen molar-refractivity contribution in [2.45, 2.75) is 19.6 Å². The maximum absolute atomic E-state index is 13.1. The van der Waals surface area contributed by atoms with Gasteiger partial charge in [0.15, 0.2) is 0 Å². The number of non-ortho nitro benzene ring substituents is 1. The number of nitrogens with zero attached hydrogens (tertiary/aromatic N) is 2. The van der Waals surface area contributed by atoms with Crippen molar-refractivity contribution in [3.05, 3.63) is 111 Å². The highest BCUT2D eigenvalue weighted by molar-refractivity contribution is 6.46. The van der Waals surface area contributed by atoms with E-state index in [4.69, 9.17) is 9.47 Å². The van der Waals surface area contributed by atoms with Gasteiger partial charge in [0.2, 0.25) is 0 Å². The third kappa shape index (κ3) is 5.52. The molecule has 0 radical (unpaired) electrons. The molecule has 1 N–H and O–H groups in total. The average Bonchev–Trinajstić information content (AvgIpc) is 3.16. The minimum atomic E-state index is -0.895. The van der Waals surface area contributed by atoms with E-state index in [2.05, 4.69) is 0 Å². The Morgan fingerprint density at radius 1 is 1.05 bits per heavy atom. The summed E-state index contributed by atoms with van der Waals surface area (Å²) in [7, 11) is 1.49. The molecule has 1 heterocycles. The van der Waals surface area contributed by atoms with Gasteiger partial charge in [-0.25, -0.2) is 0 Å². The number of rotatable bonds is 9. The quantitative estimate of drug-likeness (QED) is 0.150. The van der Waals surface area contributed by atoms with Crippen LogP contribution in [0.4, 0.5) is 5.69 Å². The summed E-state index contributed by atoms with van der Waals surface area (Å²) in [6.07, 6.45) is 0. The van der Waals surface area contributed by atoms with Crippen molar-refractivity contribution in [2.24, 2.45) is 0 Å². The van der Waals surface area contributed by atoms with E-state index in [0.717, 1.165) is 11.1 Å². The van der Waals surface area contributed by atoms with Crippen LogP contribution >= 0.6 is 0 Å². The zero-order valence-electron chi connectivity index (χ0n) is 20.4. The third-order valence-corrected chi connectivity index (χ3v) is 6.13. The second kappa shape index (κ2) is 11.0. The molecule has 9 nitrogen and oxygen atoms in total. The summed E-state index contributed by atoms with van der Waals surface area (Å²) >= 11 is 0. The second-order valence-electron chi connectivity index (χ2n) is 8.64. The number of ether oxygens (including phenoxy) is 2. The van der Waals surface area contributed by atoms with Gasteiger partial charge in [0.1, 0.15) is 18.1 Å². The largest absolute Gasteiger partial charge is 0.507 e. The van der Waals surface area contributed by atoms with E-state index >= 15 is 0 Å². The first-order valence-corrected chi connectivity index (χ1v) is 11.6. The molecular weight excluding hydrogens is 476 g/mol. The first-order valence-electron chi connectivity index (χ1n) is 11.6. The number of methoxy groups -OCH3 is 1. The third-order valence-electron chi connectivity index (χ3n) is 6.13. The fourth-order valence-electron chi connectivity index (χ4n) is 4.17. The number of carbonyl (C=O) groups excluding carboxylic acids is 2. The van der Waals surface area contributed by atoms with Gasteiger partial charge in [-0.3, -0.25) is 19.7 Å². The van der Waals surface area contributed by atoms with E-state index in [0.29, 0.717) is 17.9 Å². The number of hydrogen-bond acceptors (Lipinski definition) is 7. The molecular formula is C28H26N2O7. The summed E-state index contributed by atoms with van der Waals surface area (Å²) in [6.45, 7) is 2.64. The molecule has 9 heteroatoms. The van der Waals surface area contributed by atoms with Crippen molar-refractivity contribution < 1.29 is 29.1 Å². The Morgan fingerprint density at radius 3 is 2.41 bits per heavy atom. The van der Waals surface area contributed by atoms with Gasteiger partial charge in [-0.15, -0.1) is 0 Å². The SMILES string of the molecule is COCCN1C(=O)C(=O)/C(=C(/O)c2ccc([N+](=O)[O-])cc2)C1c1cccc(OCc2ccc(C)cc2)c1. The number of amides is 1. The second-order valence-corrected chi connectivity index (χ2v) is 8.64. The Hall–Kier alpha value is -4.50. The Bertz CT molecular complexity index is 1350. The number of aliphatic hydroxyl groups is 1. The summed E-state index contributed by atoms with van der Waals surface area (Å²) in [5.41, 5.74) is 2.62. The lowest BCUT2D eigenvalue weighted by molar-refractivity contribution is -0.384. The van der Waals surface area contributed by atoms with Crippen LogP contribution in [-0.4, -0.2) is 46.9 Å².